The van der Waals surface area contributed by atoms with Gasteiger partial charge >= 0.3 is 0 Å². The number of ether oxygens (including phenoxy) is 1. The molecule has 0 aliphatic carbocycles. The molecule has 0 radical (unpaired) electrons. The fourth-order valence-electron chi connectivity index (χ4n) is 2.59. The fourth-order valence-corrected chi connectivity index (χ4v) is 2.70. The lowest BCUT2D eigenvalue weighted by atomic mass is 9.96. The molecule has 120 valence electrons. The summed E-state index contributed by atoms with van der Waals surface area (Å²) in [5, 5.41) is 0.667. The number of amides is 2. The van der Waals surface area contributed by atoms with Crippen molar-refractivity contribution in [1.29, 1.82) is 0 Å². The van der Waals surface area contributed by atoms with Gasteiger partial charge in [-0.2, -0.15) is 0 Å². The van der Waals surface area contributed by atoms with Crippen LogP contribution in [0.5, 0.6) is 5.75 Å². The van der Waals surface area contributed by atoms with Crippen molar-refractivity contribution >= 4 is 23.4 Å². The predicted octanol–water partition coefficient (Wildman–Crippen LogP) is 2.14. The van der Waals surface area contributed by atoms with Gasteiger partial charge in [-0.1, -0.05) is 11.6 Å². The summed E-state index contributed by atoms with van der Waals surface area (Å²) in [6, 6.07) is 5.31. The molecule has 22 heavy (non-hydrogen) atoms. The van der Waals surface area contributed by atoms with E-state index in [0.29, 0.717) is 36.7 Å². The average molecular weight is 325 g/mol. The lowest BCUT2D eigenvalue weighted by Crippen LogP contribution is -2.46. The Balaban J connectivity index is 1.92. The number of likely N-dealkylation sites (tertiary alicyclic amines) is 1. The number of carbonyl (C=O) groups is 2. The molecule has 1 saturated heterocycles. The minimum Gasteiger partial charge on any atom is -0.481 e. The molecule has 1 aliphatic rings. The molecule has 1 fully saturated rings. The van der Waals surface area contributed by atoms with E-state index in [4.69, 9.17) is 22.1 Å². The van der Waals surface area contributed by atoms with E-state index in [2.05, 4.69) is 0 Å². The number of hydrogen-bond donors (Lipinski definition) is 1. The van der Waals surface area contributed by atoms with Gasteiger partial charge in [0.15, 0.2) is 6.10 Å². The average Bonchev–Trinajstić information content (AvgIpc) is 2.50. The molecule has 1 aromatic carbocycles. The van der Waals surface area contributed by atoms with Crippen molar-refractivity contribution in [1.82, 2.24) is 4.90 Å². The molecule has 5 nitrogen and oxygen atoms in total. The number of primary amides is 1. The van der Waals surface area contributed by atoms with Crippen molar-refractivity contribution in [2.45, 2.75) is 32.8 Å². The smallest absolute Gasteiger partial charge is 0.263 e. The second kappa shape index (κ2) is 7.01. The van der Waals surface area contributed by atoms with Gasteiger partial charge < -0.3 is 15.4 Å². The molecule has 6 heteroatoms. The minimum absolute atomic E-state index is 0.0736. The van der Waals surface area contributed by atoms with E-state index in [1.165, 1.54) is 0 Å². The number of hydrogen-bond acceptors (Lipinski definition) is 3. The molecular formula is C16H21ClN2O3. The summed E-state index contributed by atoms with van der Waals surface area (Å²) >= 11 is 5.97. The van der Waals surface area contributed by atoms with Crippen LogP contribution < -0.4 is 10.5 Å². The van der Waals surface area contributed by atoms with Gasteiger partial charge in [-0.15, -0.1) is 0 Å². The SMILES string of the molecule is Cc1cc(OC(C)C(=O)N2CCC(C(N)=O)CC2)ccc1Cl. The maximum atomic E-state index is 12.4. The van der Waals surface area contributed by atoms with Crippen LogP contribution in [-0.2, 0) is 9.59 Å². The predicted molar refractivity (Wildman–Crippen MR) is 84.8 cm³/mol. The molecule has 1 atom stereocenters. The number of nitrogens with two attached hydrogens (primary N) is 1. The highest BCUT2D eigenvalue weighted by Crippen LogP contribution is 2.23. The van der Waals surface area contributed by atoms with E-state index >= 15 is 0 Å². The molecule has 2 amide bonds. The van der Waals surface area contributed by atoms with Gasteiger partial charge in [-0.05, 0) is 50.5 Å². The normalized spacial score (nSPS) is 17.1. The summed E-state index contributed by atoms with van der Waals surface area (Å²) in [6.45, 7) is 4.70. The zero-order valence-corrected chi connectivity index (χ0v) is 13.6. The van der Waals surface area contributed by atoms with Crippen LogP contribution in [0.1, 0.15) is 25.3 Å². The summed E-state index contributed by atoms with van der Waals surface area (Å²) in [5.41, 5.74) is 6.20. The molecule has 1 heterocycles. The number of aryl methyl sites for hydroxylation is 1. The summed E-state index contributed by atoms with van der Waals surface area (Å²) in [5.74, 6) is 0.137. The van der Waals surface area contributed by atoms with Crippen LogP contribution in [0.4, 0.5) is 0 Å². The second-order valence-corrected chi connectivity index (χ2v) is 6.08. The van der Waals surface area contributed by atoms with Crippen molar-refractivity contribution < 1.29 is 14.3 Å². The van der Waals surface area contributed by atoms with Gasteiger partial charge in [0.2, 0.25) is 5.91 Å². The summed E-state index contributed by atoms with van der Waals surface area (Å²) in [7, 11) is 0. The monoisotopic (exact) mass is 324 g/mol. The third-order valence-corrected chi connectivity index (χ3v) is 4.42. The zero-order valence-electron chi connectivity index (χ0n) is 12.8. The van der Waals surface area contributed by atoms with Gasteiger partial charge in [0.1, 0.15) is 5.75 Å². The fraction of sp³-hybridized carbons (Fsp3) is 0.500. The molecule has 1 aliphatic heterocycles. The Morgan fingerprint density at radius 3 is 2.55 bits per heavy atom. The van der Waals surface area contributed by atoms with Crippen molar-refractivity contribution in [3.63, 3.8) is 0 Å². The lowest BCUT2D eigenvalue weighted by molar-refractivity contribution is -0.140. The van der Waals surface area contributed by atoms with Crippen molar-refractivity contribution in [2.24, 2.45) is 11.7 Å². The first-order chi connectivity index (χ1) is 10.4. The number of carbonyl (C=O) groups excluding carboxylic acids is 2. The van der Waals surface area contributed by atoms with Crippen LogP contribution in [0.3, 0.4) is 0 Å². The zero-order chi connectivity index (χ0) is 16.3. The lowest BCUT2D eigenvalue weighted by Gasteiger charge is -2.32. The number of halogens is 1. The van der Waals surface area contributed by atoms with Crippen molar-refractivity contribution in [2.75, 3.05) is 13.1 Å². The van der Waals surface area contributed by atoms with Crippen LogP contribution in [-0.4, -0.2) is 35.9 Å². The molecule has 2 rings (SSSR count). The molecular weight excluding hydrogens is 304 g/mol. The Labute approximate surface area is 135 Å². The largest absolute Gasteiger partial charge is 0.481 e. The van der Waals surface area contributed by atoms with E-state index in [1.54, 1.807) is 24.0 Å². The Kier molecular flexibility index (Phi) is 5.29. The van der Waals surface area contributed by atoms with E-state index in [1.807, 2.05) is 13.0 Å². The van der Waals surface area contributed by atoms with E-state index < -0.39 is 6.10 Å². The Hall–Kier alpha value is -1.75. The topological polar surface area (TPSA) is 72.6 Å². The summed E-state index contributed by atoms with van der Waals surface area (Å²) in [4.78, 5) is 25.3. The van der Waals surface area contributed by atoms with Crippen LogP contribution in [0.25, 0.3) is 0 Å². The third kappa shape index (κ3) is 3.91. The molecule has 0 aromatic heterocycles. The molecule has 2 N–H and O–H groups in total. The highest BCUT2D eigenvalue weighted by molar-refractivity contribution is 6.31. The van der Waals surface area contributed by atoms with Crippen LogP contribution in [0.2, 0.25) is 5.02 Å². The Morgan fingerprint density at radius 1 is 1.36 bits per heavy atom. The van der Waals surface area contributed by atoms with E-state index in [-0.39, 0.29) is 17.7 Å². The number of rotatable bonds is 4. The summed E-state index contributed by atoms with van der Waals surface area (Å²) < 4.78 is 5.70. The van der Waals surface area contributed by atoms with Crippen molar-refractivity contribution in [3.05, 3.63) is 28.8 Å². The maximum absolute atomic E-state index is 12.4. The van der Waals surface area contributed by atoms with E-state index in [0.717, 1.165) is 5.56 Å². The van der Waals surface area contributed by atoms with Gasteiger partial charge in [0.25, 0.3) is 5.91 Å². The standard InChI is InChI=1S/C16H21ClN2O3/c1-10-9-13(3-4-14(10)17)22-11(2)16(21)19-7-5-12(6-8-19)15(18)20/h3-4,9,11-12H,5-8H2,1-2H3,(H2,18,20). The van der Waals surface area contributed by atoms with Gasteiger partial charge in [0, 0.05) is 24.0 Å². The van der Waals surface area contributed by atoms with Crippen LogP contribution >= 0.6 is 11.6 Å². The highest BCUT2D eigenvalue weighted by Gasteiger charge is 2.29. The Morgan fingerprint density at radius 2 is 2.00 bits per heavy atom. The molecule has 1 unspecified atom stereocenters. The van der Waals surface area contributed by atoms with Gasteiger partial charge in [-0.25, -0.2) is 0 Å². The minimum atomic E-state index is -0.578. The Bertz CT molecular complexity index is 569. The second-order valence-electron chi connectivity index (χ2n) is 5.67. The number of nitrogens with zero attached hydrogens (tertiary/aromatic N) is 1. The third-order valence-electron chi connectivity index (χ3n) is 4.00. The van der Waals surface area contributed by atoms with Crippen LogP contribution in [0, 0.1) is 12.8 Å². The molecule has 1 aromatic rings. The first-order valence-corrected chi connectivity index (χ1v) is 7.77. The number of piperidine rings is 1. The van der Waals surface area contributed by atoms with Crippen molar-refractivity contribution in [3.8, 4) is 5.75 Å². The molecule has 0 bridgehead atoms. The van der Waals surface area contributed by atoms with E-state index in [9.17, 15) is 9.59 Å². The quantitative estimate of drug-likeness (QED) is 0.922. The van der Waals surface area contributed by atoms with Crippen LogP contribution in [0.15, 0.2) is 18.2 Å². The first-order valence-electron chi connectivity index (χ1n) is 7.39. The molecule has 0 saturated carbocycles. The van der Waals surface area contributed by atoms with Gasteiger partial charge in [0.05, 0.1) is 0 Å². The number of benzene rings is 1. The summed E-state index contributed by atoms with van der Waals surface area (Å²) in [6.07, 6.45) is 0.660. The maximum Gasteiger partial charge on any atom is 0.263 e. The first kappa shape index (κ1) is 16.6. The van der Waals surface area contributed by atoms with Gasteiger partial charge in [-0.3, -0.25) is 9.59 Å². The molecule has 0 spiro atoms. The highest BCUT2D eigenvalue weighted by atomic mass is 35.5.